The van der Waals surface area contributed by atoms with Crippen LogP contribution in [-0.4, -0.2) is 41.0 Å². The summed E-state index contributed by atoms with van der Waals surface area (Å²) in [4.78, 5) is 30.6. The van der Waals surface area contributed by atoms with Crippen LogP contribution in [0.4, 0.5) is 0 Å². The number of carbonyl (C=O) groups excluding carboxylic acids is 2. The van der Waals surface area contributed by atoms with E-state index in [2.05, 4.69) is 11.9 Å². The minimum Gasteiger partial charge on any atom is -0.459 e. The Morgan fingerprint density at radius 3 is 2.46 bits per heavy atom. The molecule has 5 heteroatoms. The summed E-state index contributed by atoms with van der Waals surface area (Å²) in [5.74, 6) is 0.940. The van der Waals surface area contributed by atoms with Crippen molar-refractivity contribution in [3.63, 3.8) is 0 Å². The third-order valence-electron chi connectivity index (χ3n) is 5.29. The molecular weight excluding hydrogens is 304 g/mol. The zero-order valence-electron chi connectivity index (χ0n) is 14.3. The van der Waals surface area contributed by atoms with Crippen LogP contribution in [0.25, 0.3) is 0 Å². The first-order chi connectivity index (χ1) is 11.6. The van der Waals surface area contributed by atoms with E-state index in [4.69, 9.17) is 4.74 Å². The Balaban J connectivity index is 1.45. The number of carbonyl (C=O) groups is 2. The second kappa shape index (κ2) is 7.77. The Hall–Kier alpha value is -1.91. The monoisotopic (exact) mass is 330 g/mol. The van der Waals surface area contributed by atoms with Gasteiger partial charge in [0.05, 0.1) is 5.56 Å². The van der Waals surface area contributed by atoms with Gasteiger partial charge in [-0.25, -0.2) is 4.79 Å². The average molecular weight is 330 g/mol. The summed E-state index contributed by atoms with van der Waals surface area (Å²) in [6, 6.07) is 3.43. The van der Waals surface area contributed by atoms with E-state index in [1.54, 1.807) is 18.3 Å². The van der Waals surface area contributed by atoms with Gasteiger partial charge in [-0.2, -0.15) is 0 Å². The number of esters is 1. The number of likely N-dealkylation sites (tertiary alicyclic amines) is 1. The third-order valence-corrected chi connectivity index (χ3v) is 5.29. The molecule has 1 amide bonds. The van der Waals surface area contributed by atoms with Gasteiger partial charge in [-0.15, -0.1) is 0 Å². The Labute approximate surface area is 143 Å². The molecule has 1 aromatic heterocycles. The fourth-order valence-electron chi connectivity index (χ4n) is 3.66. The fourth-order valence-corrected chi connectivity index (χ4v) is 3.66. The normalized spacial score (nSPS) is 25.3. The summed E-state index contributed by atoms with van der Waals surface area (Å²) >= 11 is 0. The zero-order valence-corrected chi connectivity index (χ0v) is 14.3. The smallest absolute Gasteiger partial charge is 0.339 e. The lowest BCUT2D eigenvalue weighted by Crippen LogP contribution is -2.44. The molecule has 0 atom stereocenters. The predicted molar refractivity (Wildman–Crippen MR) is 90.4 cm³/mol. The number of hydrogen-bond acceptors (Lipinski definition) is 4. The van der Waals surface area contributed by atoms with Crippen molar-refractivity contribution in [3.8, 4) is 0 Å². The van der Waals surface area contributed by atoms with E-state index in [1.807, 2.05) is 4.90 Å². The van der Waals surface area contributed by atoms with Crippen molar-refractivity contribution in [2.45, 2.75) is 51.6 Å². The van der Waals surface area contributed by atoms with Crippen LogP contribution in [0.15, 0.2) is 24.5 Å². The maximum atomic E-state index is 12.6. The molecule has 0 N–H and O–H groups in total. The van der Waals surface area contributed by atoms with Gasteiger partial charge in [0.25, 0.3) is 0 Å². The molecule has 0 unspecified atom stereocenters. The number of rotatable bonds is 3. The number of hydrogen-bond donors (Lipinski definition) is 0. The van der Waals surface area contributed by atoms with Gasteiger partial charge < -0.3 is 9.64 Å². The molecule has 2 heterocycles. The Morgan fingerprint density at radius 1 is 1.12 bits per heavy atom. The number of piperidine rings is 1. The first kappa shape index (κ1) is 16.9. The van der Waals surface area contributed by atoms with E-state index < -0.39 is 0 Å². The van der Waals surface area contributed by atoms with Gasteiger partial charge in [0.2, 0.25) is 5.91 Å². The molecule has 24 heavy (non-hydrogen) atoms. The standard InChI is InChI=1S/C19H26N2O3/c1-14-4-6-15(7-5-14)18(22)21-11-8-17(9-12-21)24-19(23)16-3-2-10-20-13-16/h2-3,10,13-15,17H,4-9,11-12H2,1H3. The first-order valence-corrected chi connectivity index (χ1v) is 9.03. The minimum atomic E-state index is -0.325. The van der Waals surface area contributed by atoms with Crippen LogP contribution < -0.4 is 0 Å². The zero-order chi connectivity index (χ0) is 16.9. The van der Waals surface area contributed by atoms with E-state index in [0.717, 1.165) is 44.4 Å². The molecule has 1 aliphatic carbocycles. The van der Waals surface area contributed by atoms with Crippen LogP contribution >= 0.6 is 0 Å². The number of nitrogens with zero attached hydrogens (tertiary/aromatic N) is 2. The van der Waals surface area contributed by atoms with Gasteiger partial charge in [0.1, 0.15) is 6.10 Å². The van der Waals surface area contributed by atoms with E-state index in [1.165, 1.54) is 6.20 Å². The maximum Gasteiger partial charge on any atom is 0.339 e. The molecule has 3 rings (SSSR count). The molecule has 0 aromatic carbocycles. The highest BCUT2D eigenvalue weighted by molar-refractivity contribution is 5.89. The molecule has 0 radical (unpaired) electrons. The molecular formula is C19H26N2O3. The van der Waals surface area contributed by atoms with Gasteiger partial charge in [0, 0.05) is 44.2 Å². The van der Waals surface area contributed by atoms with E-state index in [-0.39, 0.29) is 18.0 Å². The molecule has 130 valence electrons. The number of pyridine rings is 1. The van der Waals surface area contributed by atoms with Crippen LogP contribution in [0.1, 0.15) is 55.8 Å². The van der Waals surface area contributed by atoms with Crippen molar-refractivity contribution in [2.75, 3.05) is 13.1 Å². The van der Waals surface area contributed by atoms with Gasteiger partial charge in [-0.3, -0.25) is 9.78 Å². The lowest BCUT2D eigenvalue weighted by molar-refractivity contribution is -0.138. The molecule has 0 spiro atoms. The van der Waals surface area contributed by atoms with Gasteiger partial charge >= 0.3 is 5.97 Å². The second-order valence-corrected chi connectivity index (χ2v) is 7.13. The quantitative estimate of drug-likeness (QED) is 0.799. The van der Waals surface area contributed by atoms with Crippen LogP contribution in [0.3, 0.4) is 0 Å². The average Bonchev–Trinajstić information content (AvgIpc) is 2.63. The Bertz CT molecular complexity index is 559. The van der Waals surface area contributed by atoms with Crippen LogP contribution in [0.2, 0.25) is 0 Å². The lowest BCUT2D eigenvalue weighted by atomic mass is 9.82. The second-order valence-electron chi connectivity index (χ2n) is 7.13. The number of aromatic nitrogens is 1. The summed E-state index contributed by atoms with van der Waals surface area (Å²) < 4.78 is 5.55. The molecule has 1 saturated carbocycles. The summed E-state index contributed by atoms with van der Waals surface area (Å²) in [5.41, 5.74) is 0.479. The molecule has 0 bridgehead atoms. The molecule has 2 fully saturated rings. The van der Waals surface area contributed by atoms with Gasteiger partial charge in [-0.1, -0.05) is 6.92 Å². The van der Waals surface area contributed by atoms with Crippen molar-refractivity contribution in [1.82, 2.24) is 9.88 Å². The van der Waals surface area contributed by atoms with Crippen molar-refractivity contribution in [3.05, 3.63) is 30.1 Å². The van der Waals surface area contributed by atoms with E-state index >= 15 is 0 Å². The lowest BCUT2D eigenvalue weighted by Gasteiger charge is -2.35. The molecule has 1 aliphatic heterocycles. The fraction of sp³-hybridized carbons (Fsp3) is 0.632. The van der Waals surface area contributed by atoms with Crippen LogP contribution in [0.5, 0.6) is 0 Å². The highest BCUT2D eigenvalue weighted by atomic mass is 16.5. The summed E-state index contributed by atoms with van der Waals surface area (Å²) in [5, 5.41) is 0. The van der Waals surface area contributed by atoms with Crippen LogP contribution in [-0.2, 0) is 9.53 Å². The highest BCUT2D eigenvalue weighted by Crippen LogP contribution is 2.30. The molecule has 1 aromatic rings. The summed E-state index contributed by atoms with van der Waals surface area (Å²) in [6.07, 6.45) is 8.87. The largest absolute Gasteiger partial charge is 0.459 e. The topological polar surface area (TPSA) is 59.5 Å². The molecule has 2 aliphatic rings. The Kier molecular flexibility index (Phi) is 5.48. The molecule has 1 saturated heterocycles. The van der Waals surface area contributed by atoms with Crippen LogP contribution in [0, 0.1) is 11.8 Å². The maximum absolute atomic E-state index is 12.6. The SMILES string of the molecule is CC1CCC(C(=O)N2CCC(OC(=O)c3cccnc3)CC2)CC1. The highest BCUT2D eigenvalue weighted by Gasteiger charge is 2.31. The van der Waals surface area contributed by atoms with Crippen molar-refractivity contribution in [1.29, 1.82) is 0 Å². The first-order valence-electron chi connectivity index (χ1n) is 9.03. The van der Waals surface area contributed by atoms with Gasteiger partial charge in [-0.05, 0) is 43.7 Å². The summed E-state index contributed by atoms with van der Waals surface area (Å²) in [6.45, 7) is 3.65. The van der Waals surface area contributed by atoms with E-state index in [9.17, 15) is 9.59 Å². The number of ether oxygens (including phenoxy) is 1. The minimum absolute atomic E-state index is 0.104. The van der Waals surface area contributed by atoms with Crippen molar-refractivity contribution >= 4 is 11.9 Å². The summed E-state index contributed by atoms with van der Waals surface area (Å²) in [7, 11) is 0. The van der Waals surface area contributed by atoms with Crippen molar-refractivity contribution in [2.24, 2.45) is 11.8 Å². The van der Waals surface area contributed by atoms with Gasteiger partial charge in [0.15, 0.2) is 0 Å². The Morgan fingerprint density at radius 2 is 1.83 bits per heavy atom. The van der Waals surface area contributed by atoms with Crippen molar-refractivity contribution < 1.29 is 14.3 Å². The molecule has 5 nitrogen and oxygen atoms in total. The number of amides is 1. The van der Waals surface area contributed by atoms with E-state index in [0.29, 0.717) is 24.6 Å². The third kappa shape index (κ3) is 4.13. The predicted octanol–water partition coefficient (Wildman–Crippen LogP) is 3.06.